The van der Waals surface area contributed by atoms with Crippen molar-refractivity contribution >= 4 is 5.97 Å². The lowest BCUT2D eigenvalue weighted by Crippen LogP contribution is -2.19. The summed E-state index contributed by atoms with van der Waals surface area (Å²) in [6.07, 6.45) is -4.97. The van der Waals surface area contributed by atoms with Gasteiger partial charge in [0.1, 0.15) is 0 Å². The van der Waals surface area contributed by atoms with Gasteiger partial charge in [0, 0.05) is 11.3 Å². The molecule has 0 aliphatic rings. The molecule has 0 fully saturated rings. The minimum atomic E-state index is -5.02. The Morgan fingerprint density at radius 3 is 2.59 bits per heavy atom. The molecule has 0 amide bonds. The number of pyridine rings is 1. The molecule has 0 saturated carbocycles. The third-order valence-electron chi connectivity index (χ3n) is 1.87. The molecule has 94 valence electrons. The zero-order valence-electron chi connectivity index (χ0n) is 8.58. The van der Waals surface area contributed by atoms with Crippen LogP contribution in [0.2, 0.25) is 0 Å². The van der Waals surface area contributed by atoms with Crippen molar-refractivity contribution in [1.29, 1.82) is 0 Å². The van der Waals surface area contributed by atoms with Crippen LogP contribution in [0.1, 0.15) is 11.3 Å². The predicted molar refractivity (Wildman–Crippen MR) is 48.7 cm³/mol. The standard InChI is InChI=1S/C9H8F3NO4/c1-4-5(2-7(15)16)8(6(14)3-13-4)17-9(10,11)12/h3,14H,2H2,1H3,(H,15,16). The Bertz CT molecular complexity index is 445. The van der Waals surface area contributed by atoms with E-state index in [2.05, 4.69) is 9.72 Å². The van der Waals surface area contributed by atoms with Crippen LogP contribution in [0.15, 0.2) is 6.20 Å². The largest absolute Gasteiger partial charge is 0.573 e. The van der Waals surface area contributed by atoms with Gasteiger partial charge in [0.15, 0.2) is 11.5 Å². The van der Waals surface area contributed by atoms with Gasteiger partial charge in [-0.2, -0.15) is 0 Å². The number of rotatable bonds is 3. The van der Waals surface area contributed by atoms with Crippen LogP contribution < -0.4 is 4.74 Å². The first-order valence-corrected chi connectivity index (χ1v) is 4.35. The first kappa shape index (κ1) is 13.1. The number of alkyl halides is 3. The summed E-state index contributed by atoms with van der Waals surface area (Å²) in [5.74, 6) is -3.14. The third-order valence-corrected chi connectivity index (χ3v) is 1.87. The number of aromatic hydroxyl groups is 1. The van der Waals surface area contributed by atoms with E-state index in [1.807, 2.05) is 0 Å². The van der Waals surface area contributed by atoms with Gasteiger partial charge in [-0.25, -0.2) is 0 Å². The summed E-state index contributed by atoms with van der Waals surface area (Å²) in [6.45, 7) is 1.32. The number of hydrogen-bond acceptors (Lipinski definition) is 4. The van der Waals surface area contributed by atoms with Gasteiger partial charge in [0.25, 0.3) is 0 Å². The molecule has 0 radical (unpaired) electrons. The van der Waals surface area contributed by atoms with E-state index in [-0.39, 0.29) is 11.3 Å². The zero-order valence-corrected chi connectivity index (χ0v) is 8.58. The monoisotopic (exact) mass is 251 g/mol. The maximum absolute atomic E-state index is 12.1. The summed E-state index contributed by atoms with van der Waals surface area (Å²) in [5, 5.41) is 17.8. The fraction of sp³-hybridized carbons (Fsp3) is 0.333. The second kappa shape index (κ2) is 4.48. The highest BCUT2D eigenvalue weighted by atomic mass is 19.4. The fourth-order valence-corrected chi connectivity index (χ4v) is 1.20. The lowest BCUT2D eigenvalue weighted by molar-refractivity contribution is -0.275. The Morgan fingerprint density at radius 1 is 1.53 bits per heavy atom. The molecule has 0 atom stereocenters. The van der Waals surface area contributed by atoms with E-state index in [0.717, 1.165) is 6.20 Å². The molecule has 1 aromatic heterocycles. The molecule has 5 nitrogen and oxygen atoms in total. The summed E-state index contributed by atoms with van der Waals surface area (Å²) in [5.41, 5.74) is -0.265. The summed E-state index contributed by atoms with van der Waals surface area (Å²) in [7, 11) is 0. The van der Waals surface area contributed by atoms with Crippen LogP contribution in [-0.2, 0) is 11.2 Å². The Hall–Kier alpha value is -1.99. The van der Waals surface area contributed by atoms with Gasteiger partial charge in [-0.05, 0) is 6.92 Å². The van der Waals surface area contributed by atoms with E-state index >= 15 is 0 Å². The highest BCUT2D eigenvalue weighted by molar-refractivity contribution is 5.72. The molecule has 0 saturated heterocycles. The average molecular weight is 251 g/mol. The van der Waals surface area contributed by atoms with Gasteiger partial charge in [-0.15, -0.1) is 13.2 Å². The van der Waals surface area contributed by atoms with Crippen LogP contribution in [0, 0.1) is 6.92 Å². The SMILES string of the molecule is Cc1ncc(O)c(OC(F)(F)F)c1CC(=O)O. The quantitative estimate of drug-likeness (QED) is 0.853. The van der Waals surface area contributed by atoms with Crippen molar-refractivity contribution in [2.24, 2.45) is 0 Å². The number of aromatic nitrogens is 1. The molecular formula is C9H8F3NO4. The van der Waals surface area contributed by atoms with E-state index in [9.17, 15) is 23.1 Å². The molecule has 0 unspecified atom stereocenters. The molecule has 0 aromatic carbocycles. The smallest absolute Gasteiger partial charge is 0.503 e. The molecular weight excluding hydrogens is 243 g/mol. The van der Waals surface area contributed by atoms with Crippen molar-refractivity contribution in [2.45, 2.75) is 19.7 Å². The zero-order chi connectivity index (χ0) is 13.2. The Balaban J connectivity index is 3.24. The second-order valence-corrected chi connectivity index (χ2v) is 3.15. The summed E-state index contributed by atoms with van der Waals surface area (Å²) >= 11 is 0. The fourth-order valence-electron chi connectivity index (χ4n) is 1.20. The lowest BCUT2D eigenvalue weighted by Gasteiger charge is -2.14. The maximum Gasteiger partial charge on any atom is 0.573 e. The Kier molecular flexibility index (Phi) is 3.45. The Labute approximate surface area is 93.5 Å². The third kappa shape index (κ3) is 3.51. The molecule has 1 aromatic rings. The molecule has 0 spiro atoms. The summed E-state index contributed by atoms with van der Waals surface area (Å²) in [6, 6.07) is 0. The van der Waals surface area contributed by atoms with E-state index in [1.54, 1.807) is 0 Å². The van der Waals surface area contributed by atoms with Gasteiger partial charge in [0.05, 0.1) is 12.6 Å². The number of hydrogen-bond donors (Lipinski definition) is 2. The number of carbonyl (C=O) groups is 1. The van der Waals surface area contributed by atoms with Crippen molar-refractivity contribution in [1.82, 2.24) is 4.98 Å². The number of aliphatic carboxylic acids is 1. The molecule has 0 aliphatic carbocycles. The number of ether oxygens (including phenoxy) is 1. The molecule has 0 bridgehead atoms. The Morgan fingerprint density at radius 2 is 2.12 bits per heavy atom. The van der Waals surface area contributed by atoms with Crippen molar-refractivity contribution < 1.29 is 32.9 Å². The molecule has 1 heterocycles. The highest BCUT2D eigenvalue weighted by Crippen LogP contribution is 2.35. The van der Waals surface area contributed by atoms with Crippen molar-refractivity contribution in [3.05, 3.63) is 17.5 Å². The van der Waals surface area contributed by atoms with E-state index in [1.165, 1.54) is 6.92 Å². The summed E-state index contributed by atoms with van der Waals surface area (Å²) < 4.78 is 39.8. The van der Waals surface area contributed by atoms with E-state index in [0.29, 0.717) is 0 Å². The first-order valence-electron chi connectivity index (χ1n) is 4.35. The predicted octanol–water partition coefficient (Wildman–Crippen LogP) is 1.62. The van der Waals surface area contributed by atoms with Crippen LogP contribution in [0.5, 0.6) is 11.5 Å². The average Bonchev–Trinajstić information content (AvgIpc) is 2.15. The molecule has 0 aliphatic heterocycles. The highest BCUT2D eigenvalue weighted by Gasteiger charge is 2.34. The number of nitrogens with zero attached hydrogens (tertiary/aromatic N) is 1. The minimum Gasteiger partial charge on any atom is -0.503 e. The normalized spacial score (nSPS) is 11.3. The molecule has 17 heavy (non-hydrogen) atoms. The van der Waals surface area contributed by atoms with Crippen molar-refractivity contribution in [3.8, 4) is 11.5 Å². The van der Waals surface area contributed by atoms with Gasteiger partial charge in [-0.1, -0.05) is 0 Å². The minimum absolute atomic E-state index is 0.0458. The van der Waals surface area contributed by atoms with Gasteiger partial charge in [0.2, 0.25) is 0 Å². The van der Waals surface area contributed by atoms with Crippen LogP contribution >= 0.6 is 0 Å². The number of aryl methyl sites for hydroxylation is 1. The molecule has 1 rings (SSSR count). The number of carboxylic acid groups (broad SMARTS) is 1. The van der Waals surface area contributed by atoms with Crippen LogP contribution in [0.3, 0.4) is 0 Å². The van der Waals surface area contributed by atoms with Crippen LogP contribution in [0.4, 0.5) is 13.2 Å². The first-order chi connectivity index (χ1) is 7.70. The van der Waals surface area contributed by atoms with E-state index in [4.69, 9.17) is 5.11 Å². The van der Waals surface area contributed by atoms with Gasteiger partial charge >= 0.3 is 12.3 Å². The molecule has 2 N–H and O–H groups in total. The van der Waals surface area contributed by atoms with Crippen LogP contribution in [0.25, 0.3) is 0 Å². The number of halogens is 3. The van der Waals surface area contributed by atoms with Gasteiger partial charge in [-0.3, -0.25) is 9.78 Å². The second-order valence-electron chi connectivity index (χ2n) is 3.15. The topological polar surface area (TPSA) is 79.7 Å². The van der Waals surface area contributed by atoms with Crippen molar-refractivity contribution in [2.75, 3.05) is 0 Å². The van der Waals surface area contributed by atoms with Crippen molar-refractivity contribution in [3.63, 3.8) is 0 Å². The number of carboxylic acids is 1. The van der Waals surface area contributed by atoms with E-state index < -0.39 is 30.3 Å². The van der Waals surface area contributed by atoms with Crippen LogP contribution in [-0.4, -0.2) is 27.5 Å². The summed E-state index contributed by atoms with van der Waals surface area (Å²) in [4.78, 5) is 14.1. The van der Waals surface area contributed by atoms with Gasteiger partial charge < -0.3 is 14.9 Å². The molecule has 8 heteroatoms. The maximum atomic E-state index is 12.1. The lowest BCUT2D eigenvalue weighted by atomic mass is 10.1.